The van der Waals surface area contributed by atoms with E-state index < -0.39 is 16.7 Å². The number of nitro groups is 1. The molecule has 3 aromatic rings. The van der Waals surface area contributed by atoms with Gasteiger partial charge < -0.3 is 5.32 Å². The third-order valence-electron chi connectivity index (χ3n) is 5.34. The van der Waals surface area contributed by atoms with Crippen molar-refractivity contribution in [3.63, 3.8) is 0 Å². The first kappa shape index (κ1) is 21.0. The van der Waals surface area contributed by atoms with Crippen LogP contribution in [-0.2, 0) is 16.0 Å². The largest absolute Gasteiger partial charge is 0.350 e. The lowest BCUT2D eigenvalue weighted by Crippen LogP contribution is -2.32. The number of carbonyl (C=O) groups excluding carboxylic acids is 2. The summed E-state index contributed by atoms with van der Waals surface area (Å²) in [4.78, 5) is 38.5. The van der Waals surface area contributed by atoms with Gasteiger partial charge in [0.2, 0.25) is 0 Å². The van der Waals surface area contributed by atoms with E-state index in [9.17, 15) is 19.7 Å². The van der Waals surface area contributed by atoms with Gasteiger partial charge in [-0.2, -0.15) is 0 Å². The van der Waals surface area contributed by atoms with Crippen LogP contribution >= 0.6 is 0 Å². The van der Waals surface area contributed by atoms with E-state index in [4.69, 9.17) is 0 Å². The maximum Gasteiger partial charge on any atom is 0.282 e. The van der Waals surface area contributed by atoms with Crippen LogP contribution in [0, 0.1) is 17.0 Å². The predicted octanol–water partition coefficient (Wildman–Crippen LogP) is 4.86. The second-order valence-corrected chi connectivity index (χ2v) is 7.51. The summed E-state index contributed by atoms with van der Waals surface area (Å²) < 4.78 is 0. The molecular weight excluding hydrogens is 406 g/mol. The third kappa shape index (κ3) is 3.88. The minimum atomic E-state index is -0.507. The van der Waals surface area contributed by atoms with Crippen molar-refractivity contribution in [2.45, 2.75) is 20.3 Å². The molecule has 0 unspecified atom stereocenters. The normalized spacial score (nSPS) is 13.6. The van der Waals surface area contributed by atoms with E-state index in [2.05, 4.69) is 12.2 Å². The lowest BCUT2D eigenvalue weighted by molar-refractivity contribution is -0.384. The summed E-state index contributed by atoms with van der Waals surface area (Å²) >= 11 is 0. The molecule has 3 aromatic carbocycles. The van der Waals surface area contributed by atoms with Gasteiger partial charge in [0, 0.05) is 17.8 Å². The average molecular weight is 427 g/mol. The zero-order valence-electron chi connectivity index (χ0n) is 17.7. The van der Waals surface area contributed by atoms with E-state index in [1.54, 1.807) is 18.2 Å². The molecule has 0 saturated heterocycles. The quantitative estimate of drug-likeness (QED) is 0.344. The maximum absolute atomic E-state index is 13.4. The van der Waals surface area contributed by atoms with Crippen molar-refractivity contribution < 1.29 is 14.5 Å². The van der Waals surface area contributed by atoms with Crippen molar-refractivity contribution in [3.05, 3.63) is 105 Å². The first-order chi connectivity index (χ1) is 15.4. The number of imide groups is 1. The highest BCUT2D eigenvalue weighted by Crippen LogP contribution is 2.34. The summed E-state index contributed by atoms with van der Waals surface area (Å²) in [6, 6.07) is 20.4. The number of hydrogen-bond acceptors (Lipinski definition) is 5. The van der Waals surface area contributed by atoms with Gasteiger partial charge in [0.1, 0.15) is 5.70 Å². The van der Waals surface area contributed by atoms with Gasteiger partial charge in [0.15, 0.2) is 0 Å². The Hall–Kier alpha value is -4.26. The summed E-state index contributed by atoms with van der Waals surface area (Å²) in [5.41, 5.74) is 3.84. The van der Waals surface area contributed by atoms with Crippen LogP contribution < -0.4 is 10.2 Å². The fraction of sp³-hybridized carbons (Fsp3) is 0.120. The number of rotatable bonds is 6. The molecule has 1 aliphatic rings. The van der Waals surface area contributed by atoms with E-state index in [0.29, 0.717) is 16.9 Å². The molecule has 1 N–H and O–H groups in total. The van der Waals surface area contributed by atoms with Crippen LogP contribution in [0.1, 0.15) is 23.6 Å². The van der Waals surface area contributed by atoms with Crippen LogP contribution in [0.4, 0.5) is 17.1 Å². The Bertz CT molecular complexity index is 1240. The highest BCUT2D eigenvalue weighted by atomic mass is 16.6. The predicted molar refractivity (Wildman–Crippen MR) is 123 cm³/mol. The van der Waals surface area contributed by atoms with Crippen molar-refractivity contribution in [1.29, 1.82) is 0 Å². The second kappa shape index (κ2) is 8.47. The van der Waals surface area contributed by atoms with Gasteiger partial charge in [0.05, 0.1) is 16.2 Å². The van der Waals surface area contributed by atoms with E-state index in [1.165, 1.54) is 24.3 Å². The lowest BCUT2D eigenvalue weighted by Gasteiger charge is -2.16. The number of nitrogens with one attached hydrogen (secondary N) is 1. The van der Waals surface area contributed by atoms with Gasteiger partial charge in [-0.3, -0.25) is 19.7 Å². The molecule has 1 aliphatic heterocycles. The van der Waals surface area contributed by atoms with Gasteiger partial charge in [-0.1, -0.05) is 31.2 Å². The Morgan fingerprint density at radius 2 is 1.62 bits per heavy atom. The zero-order chi connectivity index (χ0) is 22.8. The Kier molecular flexibility index (Phi) is 5.55. The minimum absolute atomic E-state index is 0.0914. The minimum Gasteiger partial charge on any atom is -0.350 e. The molecule has 0 spiro atoms. The number of benzene rings is 3. The van der Waals surface area contributed by atoms with Gasteiger partial charge in [-0.15, -0.1) is 0 Å². The molecule has 0 saturated carbocycles. The molecule has 0 radical (unpaired) electrons. The summed E-state index contributed by atoms with van der Waals surface area (Å²) in [5, 5.41) is 14.1. The molecule has 0 bridgehead atoms. The van der Waals surface area contributed by atoms with E-state index in [0.717, 1.165) is 22.4 Å². The molecule has 160 valence electrons. The standard InChI is InChI=1S/C25H21N3O4/c1-3-17-7-11-19(12-8-17)26-23-22(18-9-13-20(14-10-18)28(31)32)24(29)27(25(23)30)21-6-4-5-16(2)15-21/h4-15,26H,3H2,1-2H3. The molecule has 7 nitrogen and oxygen atoms in total. The third-order valence-corrected chi connectivity index (χ3v) is 5.34. The average Bonchev–Trinajstić information content (AvgIpc) is 3.03. The molecule has 0 atom stereocenters. The van der Waals surface area contributed by atoms with E-state index in [1.807, 2.05) is 37.3 Å². The molecule has 4 rings (SSSR count). The number of aryl methyl sites for hydroxylation is 2. The van der Waals surface area contributed by atoms with Crippen LogP contribution in [0.5, 0.6) is 0 Å². The topological polar surface area (TPSA) is 92.6 Å². The first-order valence-corrected chi connectivity index (χ1v) is 10.2. The Morgan fingerprint density at radius 3 is 2.22 bits per heavy atom. The monoisotopic (exact) mass is 427 g/mol. The molecule has 7 heteroatoms. The van der Waals surface area contributed by atoms with Crippen molar-refractivity contribution in [2.75, 3.05) is 10.2 Å². The SMILES string of the molecule is CCc1ccc(NC2=C(c3ccc([N+](=O)[O-])cc3)C(=O)N(c3cccc(C)c3)C2=O)cc1. The second-order valence-electron chi connectivity index (χ2n) is 7.51. The summed E-state index contributed by atoms with van der Waals surface area (Å²) in [6.45, 7) is 3.93. The van der Waals surface area contributed by atoms with Crippen molar-refractivity contribution in [3.8, 4) is 0 Å². The van der Waals surface area contributed by atoms with Crippen LogP contribution in [-0.4, -0.2) is 16.7 Å². The van der Waals surface area contributed by atoms with E-state index >= 15 is 0 Å². The van der Waals surface area contributed by atoms with Crippen molar-refractivity contribution >= 4 is 34.4 Å². The highest BCUT2D eigenvalue weighted by molar-refractivity contribution is 6.46. The maximum atomic E-state index is 13.4. The molecule has 32 heavy (non-hydrogen) atoms. The highest BCUT2D eigenvalue weighted by Gasteiger charge is 2.40. The van der Waals surface area contributed by atoms with Crippen LogP contribution in [0.2, 0.25) is 0 Å². The summed E-state index contributed by atoms with van der Waals surface area (Å²) in [7, 11) is 0. The number of nitro benzene ring substituents is 1. The zero-order valence-corrected chi connectivity index (χ0v) is 17.7. The fourth-order valence-corrected chi connectivity index (χ4v) is 3.63. The number of hydrogen-bond donors (Lipinski definition) is 1. The molecule has 0 aromatic heterocycles. The van der Waals surface area contributed by atoms with Gasteiger partial charge in [0.25, 0.3) is 17.5 Å². The molecule has 0 aliphatic carbocycles. The lowest BCUT2D eigenvalue weighted by atomic mass is 10.0. The van der Waals surface area contributed by atoms with Crippen molar-refractivity contribution in [2.24, 2.45) is 0 Å². The Balaban J connectivity index is 1.80. The summed E-state index contributed by atoms with van der Waals surface area (Å²) in [5.74, 6) is -0.962. The summed E-state index contributed by atoms with van der Waals surface area (Å²) in [6.07, 6.45) is 0.884. The number of nitrogens with zero attached hydrogens (tertiary/aromatic N) is 2. The number of carbonyl (C=O) groups is 2. The van der Waals surface area contributed by atoms with Crippen LogP contribution in [0.3, 0.4) is 0 Å². The van der Waals surface area contributed by atoms with Crippen LogP contribution in [0.25, 0.3) is 5.57 Å². The first-order valence-electron chi connectivity index (χ1n) is 10.2. The van der Waals surface area contributed by atoms with Gasteiger partial charge in [-0.25, -0.2) is 4.90 Å². The molecule has 0 fully saturated rings. The number of amides is 2. The van der Waals surface area contributed by atoms with Gasteiger partial charge in [-0.05, 0) is 66.4 Å². The van der Waals surface area contributed by atoms with Crippen molar-refractivity contribution in [1.82, 2.24) is 0 Å². The van der Waals surface area contributed by atoms with E-state index in [-0.39, 0.29) is 17.0 Å². The smallest absolute Gasteiger partial charge is 0.282 e. The number of non-ortho nitro benzene ring substituents is 1. The van der Waals surface area contributed by atoms with Gasteiger partial charge >= 0.3 is 0 Å². The Labute approximate surface area is 185 Å². The molecule has 2 amide bonds. The Morgan fingerprint density at radius 1 is 0.938 bits per heavy atom. The van der Waals surface area contributed by atoms with Crippen LogP contribution in [0.15, 0.2) is 78.5 Å². The molecule has 1 heterocycles. The number of anilines is 2. The molecular formula is C25H21N3O4. The fourth-order valence-electron chi connectivity index (χ4n) is 3.63.